The van der Waals surface area contributed by atoms with Gasteiger partial charge in [-0.05, 0) is 30.9 Å². The van der Waals surface area contributed by atoms with Gasteiger partial charge in [0.25, 0.3) is 5.91 Å². The maximum Gasteiger partial charge on any atom is 0.264 e. The van der Waals surface area contributed by atoms with Crippen molar-refractivity contribution >= 4 is 17.3 Å². The Bertz CT molecular complexity index is 746. The molecule has 5 atom stereocenters. The first-order chi connectivity index (χ1) is 11.7. The van der Waals surface area contributed by atoms with Crippen LogP contribution in [0.25, 0.3) is 0 Å². The number of carbonyl (C=O) groups excluding carboxylic acids is 1. The van der Waals surface area contributed by atoms with E-state index in [-0.39, 0.29) is 18.1 Å². The number of rotatable bonds is 2. The number of amides is 1. The predicted octanol–water partition coefficient (Wildman–Crippen LogP) is 2.49. The number of aliphatic imine (C=N–C) groups is 1. The third kappa shape index (κ3) is 1.57. The fourth-order valence-electron chi connectivity index (χ4n) is 5.46. The van der Waals surface area contributed by atoms with Crippen LogP contribution in [0, 0.1) is 11.8 Å². The van der Waals surface area contributed by atoms with Crippen molar-refractivity contribution in [3.8, 4) is 0 Å². The topological polar surface area (TPSA) is 51.1 Å². The summed E-state index contributed by atoms with van der Waals surface area (Å²) in [4.78, 5) is 23.9. The molecular weight excluding hydrogens is 304 g/mol. The summed E-state index contributed by atoms with van der Waals surface area (Å²) in [5.41, 5.74) is 2.58. The first-order valence-corrected chi connectivity index (χ1v) is 8.87. The number of anilines is 1. The van der Waals surface area contributed by atoms with Gasteiger partial charge in [0.15, 0.2) is 0 Å². The highest BCUT2D eigenvalue weighted by Crippen LogP contribution is 2.56. The second kappa shape index (κ2) is 4.90. The number of hydrogen-bond donors (Lipinski definition) is 0. The van der Waals surface area contributed by atoms with E-state index in [9.17, 15) is 4.79 Å². The van der Waals surface area contributed by atoms with Crippen LogP contribution in [0.4, 0.5) is 5.69 Å². The second-order valence-electron chi connectivity index (χ2n) is 7.34. The highest BCUT2D eigenvalue weighted by atomic mass is 16.7. The van der Waals surface area contributed by atoms with E-state index in [1.165, 1.54) is 10.8 Å². The molecule has 1 saturated carbocycles. The molecule has 2 saturated heterocycles. The Hall–Kier alpha value is -1.72. The number of ether oxygens (including phenoxy) is 1. The van der Waals surface area contributed by atoms with Gasteiger partial charge < -0.3 is 4.74 Å². The zero-order valence-corrected chi connectivity index (χ0v) is 14.1. The molecule has 3 fully saturated rings. The largest absolute Gasteiger partial charge is 0.376 e. The molecule has 1 aromatic carbocycles. The fraction of sp³-hybridized carbons (Fsp3) is 0.579. The van der Waals surface area contributed by atoms with E-state index >= 15 is 0 Å². The van der Waals surface area contributed by atoms with E-state index in [0.717, 1.165) is 37.1 Å². The minimum absolute atomic E-state index is 0.0117. The molecule has 5 aliphatic rings. The lowest BCUT2D eigenvalue weighted by Crippen LogP contribution is -2.51. The van der Waals surface area contributed by atoms with Gasteiger partial charge in [0.2, 0.25) is 0 Å². The minimum Gasteiger partial charge on any atom is -0.376 e. The molecule has 1 aliphatic carbocycles. The Morgan fingerprint density at radius 3 is 3.04 bits per heavy atom. The van der Waals surface area contributed by atoms with Gasteiger partial charge in [0.05, 0.1) is 31.5 Å². The van der Waals surface area contributed by atoms with Crippen LogP contribution in [0.2, 0.25) is 0 Å². The van der Waals surface area contributed by atoms with Crippen molar-refractivity contribution in [2.75, 3.05) is 18.8 Å². The van der Waals surface area contributed by atoms with Crippen molar-refractivity contribution in [2.45, 2.75) is 43.7 Å². The molecule has 4 bridgehead atoms. The van der Waals surface area contributed by atoms with Gasteiger partial charge in [-0.2, -0.15) is 5.06 Å². The molecule has 1 spiro atoms. The summed E-state index contributed by atoms with van der Waals surface area (Å²) in [6.07, 6.45) is 2.55. The summed E-state index contributed by atoms with van der Waals surface area (Å²) in [7, 11) is 1.56. The number of nitrogens with zero attached hydrogens (tertiary/aromatic N) is 2. The molecule has 0 N–H and O–H groups in total. The van der Waals surface area contributed by atoms with Crippen molar-refractivity contribution in [3.63, 3.8) is 0 Å². The number of hydroxylamine groups is 1. The van der Waals surface area contributed by atoms with Gasteiger partial charge in [-0.15, -0.1) is 0 Å². The highest BCUT2D eigenvalue weighted by molar-refractivity contribution is 6.07. The van der Waals surface area contributed by atoms with Gasteiger partial charge in [0.1, 0.15) is 5.41 Å². The van der Waals surface area contributed by atoms with E-state index in [0.29, 0.717) is 11.8 Å². The summed E-state index contributed by atoms with van der Waals surface area (Å²) < 4.78 is 6.26. The molecular formula is C19H22N2O3. The van der Waals surface area contributed by atoms with Crippen molar-refractivity contribution in [3.05, 3.63) is 29.8 Å². The fourth-order valence-corrected chi connectivity index (χ4v) is 5.46. The van der Waals surface area contributed by atoms with E-state index in [4.69, 9.17) is 14.6 Å². The van der Waals surface area contributed by atoms with E-state index < -0.39 is 5.41 Å². The van der Waals surface area contributed by atoms with Crippen LogP contribution in [0.1, 0.15) is 31.7 Å². The number of fused-ring (bicyclic) bond motifs is 2. The number of para-hydroxylation sites is 1. The minimum atomic E-state index is -0.649. The lowest BCUT2D eigenvalue weighted by atomic mass is 9.71. The third-order valence-corrected chi connectivity index (χ3v) is 6.52. The van der Waals surface area contributed by atoms with Crippen molar-refractivity contribution in [1.29, 1.82) is 0 Å². The zero-order valence-electron chi connectivity index (χ0n) is 14.1. The lowest BCUT2D eigenvalue weighted by molar-refractivity contribution is -0.137. The Balaban J connectivity index is 1.69. The Morgan fingerprint density at radius 2 is 2.25 bits per heavy atom. The quantitative estimate of drug-likeness (QED) is 0.839. The van der Waals surface area contributed by atoms with Crippen molar-refractivity contribution in [1.82, 2.24) is 0 Å². The van der Waals surface area contributed by atoms with Crippen molar-refractivity contribution in [2.24, 2.45) is 16.8 Å². The molecule has 5 nitrogen and oxygen atoms in total. The standard InChI is InChI=1S/C19H22N2O3/c1-3-14-11-8-17-19(9-15(20-14)12(11)10-24-17)13-6-4-5-7-16(13)21(23-2)18(19)22/h4-7,11-12,15,17H,3,8-10H2,1-2H3/t11?,12?,15?,17-,19-/m0/s1. The van der Waals surface area contributed by atoms with Crippen LogP contribution in [0.15, 0.2) is 29.3 Å². The van der Waals surface area contributed by atoms with Crippen LogP contribution in [0.3, 0.4) is 0 Å². The normalized spacial score (nSPS) is 39.3. The molecule has 4 aliphatic heterocycles. The van der Waals surface area contributed by atoms with E-state index in [2.05, 4.69) is 13.0 Å². The third-order valence-electron chi connectivity index (χ3n) is 6.52. The molecule has 5 heteroatoms. The molecule has 1 amide bonds. The maximum absolute atomic E-state index is 13.4. The van der Waals surface area contributed by atoms with Crippen LogP contribution >= 0.6 is 0 Å². The Kier molecular flexibility index (Phi) is 2.98. The molecule has 126 valence electrons. The monoisotopic (exact) mass is 326 g/mol. The first kappa shape index (κ1) is 14.6. The summed E-state index contributed by atoms with van der Waals surface area (Å²) in [6, 6.07) is 8.16. The van der Waals surface area contributed by atoms with Crippen LogP contribution in [-0.4, -0.2) is 37.5 Å². The van der Waals surface area contributed by atoms with Gasteiger partial charge in [-0.3, -0.25) is 14.6 Å². The molecule has 0 radical (unpaired) electrons. The average molecular weight is 326 g/mol. The molecule has 6 rings (SSSR count). The number of hydrogen-bond acceptors (Lipinski definition) is 4. The molecule has 24 heavy (non-hydrogen) atoms. The predicted molar refractivity (Wildman–Crippen MR) is 90.1 cm³/mol. The zero-order chi connectivity index (χ0) is 16.5. The van der Waals surface area contributed by atoms with Gasteiger partial charge in [0, 0.05) is 17.5 Å². The summed E-state index contributed by atoms with van der Waals surface area (Å²) in [5, 5.41) is 1.45. The van der Waals surface area contributed by atoms with Gasteiger partial charge in [-0.1, -0.05) is 25.1 Å². The molecule has 0 aromatic heterocycles. The van der Waals surface area contributed by atoms with Gasteiger partial charge in [-0.25, -0.2) is 0 Å². The summed E-state index contributed by atoms with van der Waals surface area (Å²) >= 11 is 0. The number of benzene rings is 1. The van der Waals surface area contributed by atoms with E-state index in [1.807, 2.05) is 18.2 Å². The van der Waals surface area contributed by atoms with E-state index in [1.54, 1.807) is 7.11 Å². The van der Waals surface area contributed by atoms with Crippen LogP contribution in [-0.2, 0) is 19.8 Å². The summed E-state index contributed by atoms with van der Waals surface area (Å²) in [5.74, 6) is 0.930. The Morgan fingerprint density at radius 1 is 1.42 bits per heavy atom. The number of carbonyl (C=O) groups is 1. The maximum atomic E-state index is 13.4. The SMILES string of the molecule is CCC1=NC2C[C@@]3(C(=O)N(OC)c4ccccc43)[C@@H]3CC1C2CO3. The van der Waals surface area contributed by atoms with Crippen molar-refractivity contribution < 1.29 is 14.4 Å². The summed E-state index contributed by atoms with van der Waals surface area (Å²) in [6.45, 7) is 2.90. The average Bonchev–Trinajstić information content (AvgIpc) is 2.96. The highest BCUT2D eigenvalue weighted by Gasteiger charge is 2.64. The van der Waals surface area contributed by atoms with Crippen LogP contribution < -0.4 is 5.06 Å². The Labute approximate surface area is 141 Å². The first-order valence-electron chi connectivity index (χ1n) is 8.87. The molecule has 3 unspecified atom stereocenters. The van der Waals surface area contributed by atoms with Crippen LogP contribution in [0.5, 0.6) is 0 Å². The molecule has 4 heterocycles. The second-order valence-corrected chi connectivity index (χ2v) is 7.34. The smallest absolute Gasteiger partial charge is 0.264 e. The lowest BCUT2D eigenvalue weighted by Gasteiger charge is -2.38. The van der Waals surface area contributed by atoms with Gasteiger partial charge >= 0.3 is 0 Å². The molecule has 1 aromatic rings.